The van der Waals surface area contributed by atoms with Gasteiger partial charge in [0.15, 0.2) is 27.9 Å². The third-order valence-corrected chi connectivity index (χ3v) is 3.21. The first-order valence-electron chi connectivity index (χ1n) is 5.72. The standard InChI is InChI=1S/C13H7BrF3N3O/c14-12-2-1-11(21-12)9-5-13(18)20(19-9)10-4-7(16)6(15)3-8(10)17/h1-5H,18H2. The van der Waals surface area contributed by atoms with Crippen LogP contribution in [0.3, 0.4) is 0 Å². The number of hydrogen-bond acceptors (Lipinski definition) is 3. The molecule has 108 valence electrons. The smallest absolute Gasteiger partial charge is 0.169 e. The molecule has 0 amide bonds. The van der Waals surface area contributed by atoms with Crippen LogP contribution in [0.25, 0.3) is 17.1 Å². The second-order valence-electron chi connectivity index (χ2n) is 4.19. The van der Waals surface area contributed by atoms with Crippen molar-refractivity contribution < 1.29 is 17.6 Å². The van der Waals surface area contributed by atoms with Crippen molar-refractivity contribution in [3.8, 4) is 17.1 Å². The highest BCUT2D eigenvalue weighted by atomic mass is 79.9. The highest BCUT2D eigenvalue weighted by Gasteiger charge is 2.17. The van der Waals surface area contributed by atoms with E-state index >= 15 is 0 Å². The zero-order valence-electron chi connectivity index (χ0n) is 10.3. The number of aromatic nitrogens is 2. The monoisotopic (exact) mass is 357 g/mol. The predicted molar refractivity (Wildman–Crippen MR) is 73.3 cm³/mol. The third-order valence-electron chi connectivity index (χ3n) is 2.78. The molecule has 0 saturated carbocycles. The summed E-state index contributed by atoms with van der Waals surface area (Å²) in [4.78, 5) is 0. The number of nitrogens with zero attached hydrogens (tertiary/aromatic N) is 2. The molecule has 4 nitrogen and oxygen atoms in total. The van der Waals surface area contributed by atoms with Crippen molar-refractivity contribution in [1.82, 2.24) is 9.78 Å². The molecule has 0 saturated heterocycles. The fraction of sp³-hybridized carbons (Fsp3) is 0. The first kappa shape index (κ1) is 13.7. The van der Waals surface area contributed by atoms with E-state index in [4.69, 9.17) is 10.2 Å². The van der Waals surface area contributed by atoms with Gasteiger partial charge in [0.1, 0.15) is 17.2 Å². The van der Waals surface area contributed by atoms with Crippen LogP contribution in [0, 0.1) is 17.5 Å². The molecule has 0 bridgehead atoms. The van der Waals surface area contributed by atoms with Gasteiger partial charge in [0.05, 0.1) is 0 Å². The van der Waals surface area contributed by atoms with Gasteiger partial charge in [-0.25, -0.2) is 17.9 Å². The lowest BCUT2D eigenvalue weighted by molar-refractivity contribution is 0.491. The number of nitrogen functional groups attached to an aromatic ring is 1. The highest BCUT2D eigenvalue weighted by molar-refractivity contribution is 9.10. The highest BCUT2D eigenvalue weighted by Crippen LogP contribution is 2.28. The van der Waals surface area contributed by atoms with Gasteiger partial charge in [-0.3, -0.25) is 0 Å². The topological polar surface area (TPSA) is 57.0 Å². The second-order valence-corrected chi connectivity index (χ2v) is 4.97. The molecule has 0 aliphatic rings. The lowest BCUT2D eigenvalue weighted by Gasteiger charge is -2.05. The molecule has 0 fully saturated rings. The molecular weight excluding hydrogens is 351 g/mol. The Labute approximate surface area is 125 Å². The molecule has 0 aliphatic carbocycles. The number of anilines is 1. The van der Waals surface area contributed by atoms with Gasteiger partial charge in [0, 0.05) is 18.2 Å². The van der Waals surface area contributed by atoms with Gasteiger partial charge in [-0.15, -0.1) is 0 Å². The van der Waals surface area contributed by atoms with Gasteiger partial charge >= 0.3 is 0 Å². The molecule has 0 unspecified atom stereocenters. The van der Waals surface area contributed by atoms with Crippen LogP contribution >= 0.6 is 15.9 Å². The van der Waals surface area contributed by atoms with E-state index in [0.29, 0.717) is 28.3 Å². The summed E-state index contributed by atoms with van der Waals surface area (Å²) in [6.45, 7) is 0. The number of furan rings is 1. The SMILES string of the molecule is Nc1cc(-c2ccc(Br)o2)nn1-c1cc(F)c(F)cc1F. The van der Waals surface area contributed by atoms with E-state index in [0.717, 1.165) is 4.68 Å². The van der Waals surface area contributed by atoms with Crippen LogP contribution in [-0.4, -0.2) is 9.78 Å². The number of benzene rings is 1. The number of halogens is 4. The van der Waals surface area contributed by atoms with Crippen molar-refractivity contribution in [3.05, 3.63) is 52.5 Å². The Morgan fingerprint density at radius 3 is 2.43 bits per heavy atom. The molecule has 3 rings (SSSR count). The summed E-state index contributed by atoms with van der Waals surface area (Å²) in [5.74, 6) is -2.99. The molecule has 0 aliphatic heterocycles. The molecule has 1 aromatic carbocycles. The van der Waals surface area contributed by atoms with Crippen molar-refractivity contribution in [2.75, 3.05) is 5.73 Å². The lowest BCUT2D eigenvalue weighted by Crippen LogP contribution is -2.05. The van der Waals surface area contributed by atoms with Gasteiger partial charge in [-0.05, 0) is 28.1 Å². The minimum atomic E-state index is -1.28. The summed E-state index contributed by atoms with van der Waals surface area (Å²) in [7, 11) is 0. The van der Waals surface area contributed by atoms with E-state index in [-0.39, 0.29) is 11.5 Å². The maximum absolute atomic E-state index is 13.8. The first-order valence-corrected chi connectivity index (χ1v) is 6.51. The zero-order chi connectivity index (χ0) is 15.1. The summed E-state index contributed by atoms with van der Waals surface area (Å²) >= 11 is 3.15. The number of rotatable bonds is 2. The summed E-state index contributed by atoms with van der Waals surface area (Å²) < 4.78 is 46.7. The lowest BCUT2D eigenvalue weighted by atomic mass is 10.3. The van der Waals surface area contributed by atoms with Gasteiger partial charge in [-0.2, -0.15) is 5.10 Å². The molecule has 2 N–H and O–H groups in total. The van der Waals surface area contributed by atoms with Crippen LogP contribution in [-0.2, 0) is 0 Å². The number of nitrogens with two attached hydrogens (primary N) is 1. The predicted octanol–water partition coefficient (Wildman–Crippen LogP) is 3.89. The third kappa shape index (κ3) is 2.42. The summed E-state index contributed by atoms with van der Waals surface area (Å²) in [6, 6.07) is 5.86. The first-order chi connectivity index (χ1) is 9.95. The van der Waals surface area contributed by atoms with Gasteiger partial charge in [-0.1, -0.05) is 0 Å². The Bertz CT molecular complexity index is 828. The summed E-state index contributed by atoms with van der Waals surface area (Å²) in [5, 5.41) is 4.04. The van der Waals surface area contributed by atoms with E-state index in [2.05, 4.69) is 21.0 Å². The van der Waals surface area contributed by atoms with E-state index in [1.54, 1.807) is 12.1 Å². The van der Waals surface area contributed by atoms with Crippen LogP contribution < -0.4 is 5.73 Å². The Kier molecular flexibility index (Phi) is 3.25. The van der Waals surface area contributed by atoms with Crippen LogP contribution in [0.4, 0.5) is 19.0 Å². The van der Waals surface area contributed by atoms with Crippen molar-refractivity contribution in [2.45, 2.75) is 0 Å². The quantitative estimate of drug-likeness (QED) is 0.707. The molecule has 8 heteroatoms. The molecule has 3 aromatic rings. The van der Waals surface area contributed by atoms with E-state index in [1.807, 2.05) is 0 Å². The Morgan fingerprint density at radius 2 is 1.76 bits per heavy atom. The fourth-order valence-corrected chi connectivity index (χ4v) is 2.14. The van der Waals surface area contributed by atoms with Gasteiger partial charge < -0.3 is 10.2 Å². The van der Waals surface area contributed by atoms with Gasteiger partial charge in [0.2, 0.25) is 0 Å². The molecule has 0 atom stereocenters. The van der Waals surface area contributed by atoms with Crippen molar-refractivity contribution in [3.63, 3.8) is 0 Å². The van der Waals surface area contributed by atoms with E-state index < -0.39 is 17.5 Å². The van der Waals surface area contributed by atoms with Crippen molar-refractivity contribution in [1.29, 1.82) is 0 Å². The van der Waals surface area contributed by atoms with E-state index in [9.17, 15) is 13.2 Å². The van der Waals surface area contributed by atoms with E-state index in [1.165, 1.54) is 6.07 Å². The van der Waals surface area contributed by atoms with Crippen molar-refractivity contribution >= 4 is 21.7 Å². The number of hydrogen-bond donors (Lipinski definition) is 1. The zero-order valence-corrected chi connectivity index (χ0v) is 11.9. The molecule has 0 radical (unpaired) electrons. The maximum Gasteiger partial charge on any atom is 0.169 e. The molecular formula is C13H7BrF3N3O. The summed E-state index contributed by atoms with van der Waals surface area (Å²) in [5.41, 5.74) is 5.79. The minimum Gasteiger partial charge on any atom is -0.448 e. The molecule has 0 spiro atoms. The molecule has 2 aromatic heterocycles. The average Bonchev–Trinajstić information content (AvgIpc) is 3.00. The Hall–Kier alpha value is -2.22. The second kappa shape index (κ2) is 4.96. The van der Waals surface area contributed by atoms with Crippen LogP contribution in [0.1, 0.15) is 0 Å². The van der Waals surface area contributed by atoms with Crippen LogP contribution in [0.2, 0.25) is 0 Å². The normalized spacial score (nSPS) is 11.0. The fourth-order valence-electron chi connectivity index (χ4n) is 1.84. The largest absolute Gasteiger partial charge is 0.448 e. The summed E-state index contributed by atoms with van der Waals surface area (Å²) in [6.07, 6.45) is 0. The molecule has 21 heavy (non-hydrogen) atoms. The van der Waals surface area contributed by atoms with Crippen LogP contribution in [0.15, 0.2) is 39.4 Å². The maximum atomic E-state index is 13.8. The molecule has 2 heterocycles. The van der Waals surface area contributed by atoms with Crippen molar-refractivity contribution in [2.24, 2.45) is 0 Å². The average molecular weight is 358 g/mol. The Morgan fingerprint density at radius 1 is 1.05 bits per heavy atom. The minimum absolute atomic E-state index is 0.0578. The van der Waals surface area contributed by atoms with Crippen LogP contribution in [0.5, 0.6) is 0 Å². The Balaban J connectivity index is 2.12. The van der Waals surface area contributed by atoms with Gasteiger partial charge in [0.25, 0.3) is 0 Å².